The van der Waals surface area contributed by atoms with Crippen LogP contribution in [0.3, 0.4) is 0 Å². The van der Waals surface area contributed by atoms with Crippen molar-refractivity contribution in [3.05, 3.63) is 0 Å². The van der Waals surface area contributed by atoms with Crippen LogP contribution in [0, 0.1) is 11.3 Å². The molecule has 0 saturated heterocycles. The van der Waals surface area contributed by atoms with E-state index in [2.05, 4.69) is 27.7 Å². The normalized spacial score (nSPS) is 15.2. The SMILES string of the molecule is CCC([CH2][AlH2])C(C)(C)CC. The van der Waals surface area contributed by atoms with Gasteiger partial charge in [-0.3, -0.25) is 0 Å². The third-order valence-corrected chi connectivity index (χ3v) is 3.99. The zero-order valence-corrected chi connectivity index (χ0v) is 10.2. The van der Waals surface area contributed by atoms with Crippen LogP contribution in [0.4, 0.5) is 0 Å². The molecule has 60 valence electrons. The molecule has 0 aromatic rings. The molecular weight excluding hydrogens is 135 g/mol. The maximum atomic E-state index is 2.40. The molecular formula is C9H21Al. The smallest absolute Gasteiger partial charge is 0.0980 e. The summed E-state index contributed by atoms with van der Waals surface area (Å²) in [6, 6.07) is 0. The van der Waals surface area contributed by atoms with Crippen LogP contribution in [0.2, 0.25) is 5.28 Å². The Kier molecular flexibility index (Phi) is 4.65. The van der Waals surface area contributed by atoms with Crippen molar-refractivity contribution in [1.29, 1.82) is 0 Å². The molecule has 0 rings (SSSR count). The third-order valence-electron chi connectivity index (χ3n) is 3.00. The van der Waals surface area contributed by atoms with Crippen molar-refractivity contribution in [2.24, 2.45) is 11.3 Å². The third kappa shape index (κ3) is 2.64. The fourth-order valence-corrected chi connectivity index (χ4v) is 3.37. The first-order chi connectivity index (χ1) is 4.58. The van der Waals surface area contributed by atoms with Gasteiger partial charge in [0.05, 0.1) is 0 Å². The summed E-state index contributed by atoms with van der Waals surface area (Å²) in [5, 5.41) is 1.47. The molecule has 1 atom stereocenters. The largest absolute Gasteiger partial charge is 0.212 e. The van der Waals surface area contributed by atoms with Crippen molar-refractivity contribution in [3.8, 4) is 0 Å². The molecule has 0 aliphatic rings. The molecule has 0 N–H and O–H groups in total. The van der Waals surface area contributed by atoms with Gasteiger partial charge in [-0.25, -0.2) is 0 Å². The second-order valence-electron chi connectivity index (χ2n) is 3.86. The van der Waals surface area contributed by atoms with Gasteiger partial charge in [0, 0.05) is 0 Å². The standard InChI is InChI=1S/C9H19.Al.2H/c1-6-8(3)9(4,5)7-2;;;/h8H,3,6-7H2,1-2,4-5H3;;;. The molecule has 0 fully saturated rings. The van der Waals surface area contributed by atoms with Gasteiger partial charge in [-0.05, 0) is 11.3 Å². The van der Waals surface area contributed by atoms with Crippen molar-refractivity contribution >= 4 is 16.3 Å². The summed E-state index contributed by atoms with van der Waals surface area (Å²) >= 11 is 1.37. The molecule has 0 aliphatic heterocycles. The van der Waals surface area contributed by atoms with Crippen LogP contribution < -0.4 is 0 Å². The molecule has 0 heterocycles. The van der Waals surface area contributed by atoms with Gasteiger partial charge >= 0.3 is 0 Å². The summed E-state index contributed by atoms with van der Waals surface area (Å²) in [7, 11) is 0. The number of hydrogen-bond donors (Lipinski definition) is 0. The van der Waals surface area contributed by atoms with Crippen LogP contribution in [0.25, 0.3) is 0 Å². The predicted octanol–water partition coefficient (Wildman–Crippen LogP) is 2.50. The fourth-order valence-electron chi connectivity index (χ4n) is 1.68. The van der Waals surface area contributed by atoms with E-state index in [0.717, 1.165) is 5.92 Å². The summed E-state index contributed by atoms with van der Waals surface area (Å²) < 4.78 is 0. The zero-order chi connectivity index (χ0) is 8.20. The van der Waals surface area contributed by atoms with Crippen molar-refractivity contribution in [2.75, 3.05) is 0 Å². The monoisotopic (exact) mass is 156 g/mol. The summed E-state index contributed by atoms with van der Waals surface area (Å²) in [5.74, 6) is 0.976. The average Bonchev–Trinajstić information content (AvgIpc) is 1.90. The molecule has 0 aromatic carbocycles. The topological polar surface area (TPSA) is 0 Å². The molecule has 0 aromatic heterocycles. The molecule has 10 heavy (non-hydrogen) atoms. The lowest BCUT2D eigenvalue weighted by molar-refractivity contribution is 0.216. The number of hydrogen-bond acceptors (Lipinski definition) is 0. The molecule has 0 amide bonds. The summed E-state index contributed by atoms with van der Waals surface area (Å²) in [4.78, 5) is 0. The molecule has 0 bridgehead atoms. The van der Waals surface area contributed by atoms with E-state index in [-0.39, 0.29) is 0 Å². The minimum absolute atomic E-state index is 0.594. The van der Waals surface area contributed by atoms with Gasteiger partial charge in [-0.1, -0.05) is 45.8 Å². The first-order valence-electron chi connectivity index (χ1n) is 4.58. The van der Waals surface area contributed by atoms with Gasteiger partial charge in [-0.15, -0.1) is 0 Å². The van der Waals surface area contributed by atoms with E-state index in [9.17, 15) is 0 Å². The highest BCUT2D eigenvalue weighted by Gasteiger charge is 2.23. The quantitative estimate of drug-likeness (QED) is 0.549. The lowest BCUT2D eigenvalue weighted by Crippen LogP contribution is -2.22. The van der Waals surface area contributed by atoms with E-state index < -0.39 is 0 Å². The van der Waals surface area contributed by atoms with Crippen LogP contribution in [0.1, 0.15) is 40.5 Å². The number of rotatable bonds is 4. The molecule has 0 aliphatic carbocycles. The minimum Gasteiger partial charge on any atom is -0.0980 e. The highest BCUT2D eigenvalue weighted by molar-refractivity contribution is 6.08. The maximum Gasteiger partial charge on any atom is 0.212 e. The van der Waals surface area contributed by atoms with E-state index in [1.807, 2.05) is 0 Å². The van der Waals surface area contributed by atoms with E-state index in [1.165, 1.54) is 34.4 Å². The Hall–Kier alpha value is 0.532. The molecule has 0 radical (unpaired) electrons. The van der Waals surface area contributed by atoms with Crippen molar-refractivity contribution < 1.29 is 0 Å². The second-order valence-corrected chi connectivity index (χ2v) is 4.67. The molecule has 0 saturated carbocycles. The Bertz CT molecular complexity index is 82.7. The Morgan fingerprint density at radius 2 is 1.80 bits per heavy atom. The minimum atomic E-state index is 0.594. The first kappa shape index (κ1) is 10.5. The second kappa shape index (κ2) is 4.42. The summed E-state index contributed by atoms with van der Waals surface area (Å²) in [6.45, 7) is 9.43. The Morgan fingerprint density at radius 1 is 1.30 bits per heavy atom. The molecule has 1 unspecified atom stereocenters. The highest BCUT2D eigenvalue weighted by atomic mass is 27.0. The van der Waals surface area contributed by atoms with Crippen molar-refractivity contribution in [3.63, 3.8) is 0 Å². The van der Waals surface area contributed by atoms with Crippen LogP contribution in [-0.4, -0.2) is 16.3 Å². The van der Waals surface area contributed by atoms with Crippen LogP contribution >= 0.6 is 0 Å². The van der Waals surface area contributed by atoms with Crippen LogP contribution in [-0.2, 0) is 0 Å². The highest BCUT2D eigenvalue weighted by Crippen LogP contribution is 2.34. The Balaban J connectivity index is 3.97. The van der Waals surface area contributed by atoms with Crippen LogP contribution in [0.5, 0.6) is 0 Å². The Labute approximate surface area is 73.8 Å². The van der Waals surface area contributed by atoms with Crippen molar-refractivity contribution in [2.45, 2.75) is 45.8 Å². The van der Waals surface area contributed by atoms with E-state index >= 15 is 0 Å². The average molecular weight is 156 g/mol. The lowest BCUT2D eigenvalue weighted by Gasteiger charge is -2.32. The summed E-state index contributed by atoms with van der Waals surface area (Å²) in [5.41, 5.74) is 0.594. The van der Waals surface area contributed by atoms with Gasteiger partial charge < -0.3 is 0 Å². The van der Waals surface area contributed by atoms with Gasteiger partial charge in [0.1, 0.15) is 0 Å². The van der Waals surface area contributed by atoms with Gasteiger partial charge in [0.2, 0.25) is 16.3 Å². The molecule has 1 heteroatoms. The van der Waals surface area contributed by atoms with Gasteiger partial charge in [-0.2, -0.15) is 0 Å². The molecule has 0 spiro atoms. The lowest BCUT2D eigenvalue weighted by atomic mass is 9.76. The molecule has 0 nitrogen and oxygen atoms in total. The van der Waals surface area contributed by atoms with E-state index in [4.69, 9.17) is 0 Å². The summed E-state index contributed by atoms with van der Waals surface area (Å²) in [6.07, 6.45) is 2.69. The Morgan fingerprint density at radius 3 is 1.90 bits per heavy atom. The zero-order valence-electron chi connectivity index (χ0n) is 8.20. The maximum absolute atomic E-state index is 2.40. The van der Waals surface area contributed by atoms with E-state index in [0.29, 0.717) is 5.41 Å². The first-order valence-corrected chi connectivity index (χ1v) is 5.99. The van der Waals surface area contributed by atoms with Crippen LogP contribution in [0.15, 0.2) is 0 Å². The van der Waals surface area contributed by atoms with Gasteiger partial charge in [0.25, 0.3) is 0 Å². The fraction of sp³-hybridized carbons (Fsp3) is 1.00. The predicted molar refractivity (Wildman–Crippen MR) is 51.2 cm³/mol. The van der Waals surface area contributed by atoms with E-state index in [1.54, 1.807) is 0 Å². The van der Waals surface area contributed by atoms with Gasteiger partial charge in [0.15, 0.2) is 0 Å². The van der Waals surface area contributed by atoms with Crippen molar-refractivity contribution in [1.82, 2.24) is 0 Å².